The highest BCUT2D eigenvalue weighted by Crippen LogP contribution is 2.34. The number of carbonyl (C=O) groups excluding carboxylic acids is 2. The number of ether oxygens (including phenoxy) is 4. The van der Waals surface area contributed by atoms with Crippen molar-refractivity contribution in [3.63, 3.8) is 0 Å². The van der Waals surface area contributed by atoms with Gasteiger partial charge in [-0.05, 0) is 119 Å². The molecule has 0 aliphatic rings. The Morgan fingerprint density at radius 2 is 1.04 bits per heavy atom. The van der Waals surface area contributed by atoms with Crippen molar-refractivity contribution in [2.75, 3.05) is 86.2 Å². The average Bonchev–Trinajstić information content (AvgIpc) is 3.24. The fourth-order valence-electron chi connectivity index (χ4n) is 8.57. The first-order valence-electron chi connectivity index (χ1n) is 23.7. The molecule has 4 rings (SSSR count). The number of quaternary nitrogens is 2. The molecule has 1 heterocycles. The predicted molar refractivity (Wildman–Crippen MR) is 262 cm³/mol. The lowest BCUT2D eigenvalue weighted by Gasteiger charge is -2.29. The summed E-state index contributed by atoms with van der Waals surface area (Å²) >= 11 is 0. The number of methoxy groups -OCH3 is 1. The minimum Gasteiger partial charge on any atom is -0.494 e. The van der Waals surface area contributed by atoms with Gasteiger partial charge in [-0.15, -0.1) is 0 Å². The van der Waals surface area contributed by atoms with Gasteiger partial charge in [0.2, 0.25) is 11.0 Å². The van der Waals surface area contributed by atoms with E-state index in [0.29, 0.717) is 86.4 Å². The number of rotatable bonds is 30. The van der Waals surface area contributed by atoms with Gasteiger partial charge in [0.15, 0.2) is 6.54 Å². The lowest BCUT2D eigenvalue weighted by molar-refractivity contribution is -0.890. The number of pyridine rings is 1. The maximum atomic E-state index is 14.8. The van der Waals surface area contributed by atoms with E-state index in [1.54, 1.807) is 32.0 Å². The third-order valence-electron chi connectivity index (χ3n) is 12.3. The molecular weight excluding hydrogens is 899 g/mol. The van der Waals surface area contributed by atoms with Gasteiger partial charge in [-0.2, -0.15) is 21.4 Å². The minimum atomic E-state index is -4.24. The van der Waals surface area contributed by atoms with Crippen molar-refractivity contribution in [1.82, 2.24) is 0 Å². The molecule has 3 aromatic carbocycles. The Balaban J connectivity index is 1.64. The van der Waals surface area contributed by atoms with Crippen LogP contribution < -0.4 is 18.8 Å². The van der Waals surface area contributed by atoms with Crippen LogP contribution in [0.15, 0.2) is 48.5 Å². The number of benzene rings is 3. The Morgan fingerprint density at radius 1 is 0.597 bits per heavy atom. The van der Waals surface area contributed by atoms with Gasteiger partial charge in [0.1, 0.15) is 17.2 Å². The molecule has 2 N–H and O–H groups in total. The molecule has 0 aliphatic heterocycles. The third kappa shape index (κ3) is 18.2. The number of fused-ring (bicyclic) bond motifs is 2. The summed E-state index contributed by atoms with van der Waals surface area (Å²) in [6, 6.07) is 14.2. The van der Waals surface area contributed by atoms with Crippen molar-refractivity contribution in [3.8, 4) is 17.2 Å². The van der Waals surface area contributed by atoms with Crippen LogP contribution in [0.1, 0.15) is 116 Å². The van der Waals surface area contributed by atoms with Crippen molar-refractivity contribution in [3.05, 3.63) is 70.8 Å². The molecule has 0 saturated carbocycles. The fraction of sp³-hybridized carbons (Fsp3) is 0.580. The molecule has 0 spiro atoms. The number of hydrogen-bond acceptors (Lipinski definition) is 10. The molecule has 0 unspecified atom stereocenters. The second-order valence-electron chi connectivity index (χ2n) is 19.1. The van der Waals surface area contributed by atoms with Crippen LogP contribution in [0.25, 0.3) is 21.8 Å². The number of unbranched alkanes of at least 4 members (excludes halogenated alkanes) is 7. The maximum absolute atomic E-state index is 14.8. The first-order chi connectivity index (χ1) is 31.5. The molecule has 15 nitrogen and oxygen atoms in total. The van der Waals surface area contributed by atoms with Crippen molar-refractivity contribution in [2.24, 2.45) is 0 Å². The molecule has 0 atom stereocenters. The van der Waals surface area contributed by atoms with Crippen molar-refractivity contribution in [2.45, 2.75) is 104 Å². The molecular formula is C50H76N3O12S2+3. The molecule has 4 aromatic rings. The second-order valence-corrected chi connectivity index (χ2v) is 22.3. The zero-order valence-corrected chi connectivity index (χ0v) is 42.7. The Kier molecular flexibility index (Phi) is 20.8. The topological polar surface area (TPSA) is 184 Å². The van der Waals surface area contributed by atoms with E-state index in [0.717, 1.165) is 68.9 Å². The van der Waals surface area contributed by atoms with E-state index in [2.05, 4.69) is 21.0 Å². The number of esters is 2. The Bertz CT molecular complexity index is 2500. The van der Waals surface area contributed by atoms with Gasteiger partial charge in [0, 0.05) is 25.0 Å². The van der Waals surface area contributed by atoms with E-state index < -0.39 is 37.9 Å². The lowest BCUT2D eigenvalue weighted by atomic mass is 10.0. The smallest absolute Gasteiger partial charge is 0.345 e. The van der Waals surface area contributed by atoms with Crippen molar-refractivity contribution >= 4 is 54.0 Å². The van der Waals surface area contributed by atoms with Gasteiger partial charge in [0.25, 0.3) is 20.2 Å². The van der Waals surface area contributed by atoms with E-state index in [-0.39, 0.29) is 24.3 Å². The SMILES string of the molecule is CCCC[N+](C)(C)CCCCCCOc1ccc2c(c1)c(C(=O)Oc1c(C)cc(C(=O)OC)cc1C)c1cc(OCCCCCC[N+](C)(C)CCCS(=O)(=O)O)ccc1[n+]2CCCS(=O)(=O)O. The quantitative estimate of drug-likeness (QED) is 0.00971. The van der Waals surface area contributed by atoms with Crippen LogP contribution in [0.4, 0.5) is 0 Å². The summed E-state index contributed by atoms with van der Waals surface area (Å²) in [5, 5.41) is 1.03. The van der Waals surface area contributed by atoms with Crippen LogP contribution in [0.5, 0.6) is 17.2 Å². The van der Waals surface area contributed by atoms with Gasteiger partial charge in [-0.3, -0.25) is 9.11 Å². The van der Waals surface area contributed by atoms with Gasteiger partial charge >= 0.3 is 11.9 Å². The lowest BCUT2D eigenvalue weighted by Crippen LogP contribution is -2.41. The van der Waals surface area contributed by atoms with Crippen molar-refractivity contribution in [1.29, 1.82) is 0 Å². The van der Waals surface area contributed by atoms with Gasteiger partial charge in [0.05, 0.1) is 108 Å². The molecule has 1 aromatic heterocycles. The number of aromatic nitrogens is 1. The molecule has 0 amide bonds. The van der Waals surface area contributed by atoms with Crippen LogP contribution in [-0.4, -0.2) is 133 Å². The van der Waals surface area contributed by atoms with Crippen LogP contribution in [0, 0.1) is 13.8 Å². The maximum Gasteiger partial charge on any atom is 0.345 e. The summed E-state index contributed by atoms with van der Waals surface area (Å²) in [5.41, 5.74) is 2.97. The summed E-state index contributed by atoms with van der Waals surface area (Å²) in [6.45, 7) is 10.7. The van der Waals surface area contributed by atoms with Gasteiger partial charge in [-0.25, -0.2) is 9.59 Å². The van der Waals surface area contributed by atoms with Gasteiger partial charge in [-0.1, -0.05) is 13.3 Å². The summed E-state index contributed by atoms with van der Waals surface area (Å²) < 4.78 is 92.0. The Morgan fingerprint density at radius 3 is 1.51 bits per heavy atom. The molecule has 17 heteroatoms. The highest BCUT2D eigenvalue weighted by Gasteiger charge is 2.28. The molecule has 0 aliphatic carbocycles. The minimum absolute atomic E-state index is 0.105. The highest BCUT2D eigenvalue weighted by molar-refractivity contribution is 7.86. The first kappa shape index (κ1) is 55.2. The third-order valence-corrected chi connectivity index (χ3v) is 13.9. The zero-order chi connectivity index (χ0) is 49.4. The normalized spacial score (nSPS) is 12.4. The molecule has 0 saturated heterocycles. The summed E-state index contributed by atoms with van der Waals surface area (Å²) in [7, 11) is 1.77. The standard InChI is InChI=1S/C50H74N3O12S2/c1-9-10-26-52(4,5)27-15-11-13-17-30-63-41-21-23-45-43(36-41)47(50(55)65-48-38(2)34-40(35-39(48)3)49(54)62-8)44-37-42(22-24-46(44)51(45)25-19-32-66(56,57)58)64-31-18-14-12-16-28-53(6,7)29-20-33-67(59,60)61/h21-24,34-37H,9-20,25-33H2,1-8H3/q+1/p+2. The van der Waals surface area contributed by atoms with E-state index in [1.807, 2.05) is 49.0 Å². The molecule has 67 heavy (non-hydrogen) atoms. The monoisotopic (exact) mass is 974 g/mol. The number of aryl methyl sites for hydroxylation is 3. The fourth-order valence-corrected chi connectivity index (χ4v) is 9.56. The Hall–Kier alpha value is -4.39. The summed E-state index contributed by atoms with van der Waals surface area (Å²) in [6.07, 6.45) is 10.6. The van der Waals surface area contributed by atoms with Gasteiger partial charge < -0.3 is 27.9 Å². The van der Waals surface area contributed by atoms with E-state index in [1.165, 1.54) is 26.5 Å². The predicted octanol–water partition coefficient (Wildman–Crippen LogP) is 8.29. The second kappa shape index (κ2) is 25.3. The molecule has 0 radical (unpaired) electrons. The number of nitrogens with zero attached hydrogens (tertiary/aromatic N) is 3. The van der Waals surface area contributed by atoms with Crippen LogP contribution in [-0.2, 0) is 31.5 Å². The molecule has 0 fully saturated rings. The summed E-state index contributed by atoms with van der Waals surface area (Å²) in [5.74, 6) is -0.463. The summed E-state index contributed by atoms with van der Waals surface area (Å²) in [4.78, 5) is 27.2. The molecule has 0 bridgehead atoms. The van der Waals surface area contributed by atoms with E-state index >= 15 is 0 Å². The van der Waals surface area contributed by atoms with E-state index in [4.69, 9.17) is 23.5 Å². The molecule has 372 valence electrons. The zero-order valence-electron chi connectivity index (χ0n) is 41.1. The number of carbonyl (C=O) groups is 2. The highest BCUT2D eigenvalue weighted by atomic mass is 32.2. The van der Waals surface area contributed by atoms with Crippen LogP contribution in [0.3, 0.4) is 0 Å². The Labute approximate surface area is 399 Å². The first-order valence-corrected chi connectivity index (χ1v) is 26.9. The average molecular weight is 975 g/mol. The van der Waals surface area contributed by atoms with Crippen LogP contribution in [0.2, 0.25) is 0 Å². The van der Waals surface area contributed by atoms with Crippen molar-refractivity contribution < 1.29 is 68.0 Å². The largest absolute Gasteiger partial charge is 0.494 e. The van der Waals surface area contributed by atoms with E-state index in [9.17, 15) is 31.0 Å². The van der Waals surface area contributed by atoms with Crippen LogP contribution >= 0.6 is 0 Å². The number of hydrogen-bond donors (Lipinski definition) is 2.